The van der Waals surface area contributed by atoms with E-state index in [9.17, 15) is 14.4 Å². The number of imidazole rings is 1. The molecule has 6 aromatic carbocycles. The van der Waals surface area contributed by atoms with Crippen LogP contribution in [0.5, 0.6) is 40.2 Å². The normalized spacial score (nSPS) is 16.8. The number of nitrogens with one attached hydrogen (secondary N) is 2. The summed E-state index contributed by atoms with van der Waals surface area (Å²) in [6.45, 7) is 15.0. The van der Waals surface area contributed by atoms with E-state index in [1.807, 2.05) is 97.4 Å². The highest BCUT2D eigenvalue weighted by Gasteiger charge is 2.39. The van der Waals surface area contributed by atoms with E-state index in [0.29, 0.717) is 91.6 Å². The number of halogens is 2. The molecule has 2 N–H and O–H groups in total. The van der Waals surface area contributed by atoms with Crippen molar-refractivity contribution in [2.24, 2.45) is 13.0 Å². The van der Waals surface area contributed by atoms with Crippen LogP contribution in [-0.2, 0) is 53.5 Å². The average Bonchev–Trinajstić information content (AvgIpc) is 1.35. The van der Waals surface area contributed by atoms with Crippen molar-refractivity contribution in [3.63, 3.8) is 0 Å². The van der Waals surface area contributed by atoms with Crippen LogP contribution in [-0.4, -0.2) is 170 Å². The maximum absolute atomic E-state index is 13.8. The van der Waals surface area contributed by atoms with Gasteiger partial charge in [0.1, 0.15) is 51.2 Å². The number of rotatable bonds is 19. The maximum Gasteiger partial charge on any atom is 0.426 e. The van der Waals surface area contributed by atoms with Crippen molar-refractivity contribution in [1.29, 1.82) is 0 Å². The molecule has 2 fully saturated rings. The van der Waals surface area contributed by atoms with Crippen molar-refractivity contribution < 1.29 is 73.6 Å². The number of hydrogen-bond acceptors (Lipinski definition) is 24. The van der Waals surface area contributed by atoms with Crippen molar-refractivity contribution in [1.82, 2.24) is 59.9 Å². The molecule has 2 atom stereocenters. The van der Waals surface area contributed by atoms with Gasteiger partial charge < -0.3 is 71.9 Å². The number of thioether (sulfide) groups is 3. The zero-order valence-electron chi connectivity index (χ0n) is 78.2. The fraction of sp³-hybridized carbons (Fsp3) is 0.373. The number of methoxy groups -OCH3 is 7. The monoisotopic (exact) mass is 1770 g/mol. The second-order valence-electron chi connectivity index (χ2n) is 27.4. The van der Waals surface area contributed by atoms with Crippen LogP contribution in [0.25, 0.3) is 11.0 Å². The first kappa shape index (κ1) is 79.1. The molecule has 1 aliphatic carbocycles. The molecule has 28 nitrogen and oxygen atoms in total. The summed E-state index contributed by atoms with van der Waals surface area (Å²) in [5.41, 5.74) is 9.19. The van der Waals surface area contributed by atoms with Gasteiger partial charge in [-0.05, 0) is 201 Å². The first-order valence-electron chi connectivity index (χ1n) is 42.5. The van der Waals surface area contributed by atoms with Gasteiger partial charge >= 0.3 is 39.4 Å². The second kappa shape index (κ2) is 43.5. The number of fused-ring (bicyclic) bond motifs is 4. The van der Waals surface area contributed by atoms with E-state index in [0.717, 1.165) is 61.4 Å². The number of ether oxygens (including phenoxy) is 7. The third kappa shape index (κ3) is 22.9. The molecule has 10 aromatic rings. The lowest BCUT2D eigenvalue weighted by molar-refractivity contribution is 0.196. The standard InChI is InChI=1S/C24H26N4O4S.C23H23ClN4O4S.C15H16N4O2S.C9H9BrN2.C9H19N.C3H9B3O3/c1-15-20-14-27(13-16-6-9-19(31-3)12-21(16)32-4)24(29)28(22(20)26-23(25-15)33-5)17-7-10-18(30-2)11-8-17;1-30-16-9-6-15(7-10-16)28-21-18(20(24)25-22(26-21)33-4)13-27(23(28)29)12-14-5-8-17(31-2)11-19(14)32-3;1-9-12-8-16-15(20)19(13(12)18-14(17-9)22-3)10-4-6-11(21-2)7-5-10;1-6-11-8-4-3-7(10)5-9(8)12(6)2;1-3-8-6-4-5-7-9(8)10-2;1-4-7-5(2)9-6(3)8-4/h6-12H,13-14H2,1-5H3;5-11H,12-13H2,1-4H3;4-7H,8H2,1-3H3,(H,16,20);3-5H,1-2H3;8-10H,3-7H2,1-2H3;1-3H3/t;;;;8-,9+;/m....1./s1/i2D3;1D3;2D3;;;. The van der Waals surface area contributed by atoms with E-state index >= 15 is 0 Å². The van der Waals surface area contributed by atoms with Crippen molar-refractivity contribution in [2.45, 2.75) is 135 Å². The summed E-state index contributed by atoms with van der Waals surface area (Å²) >= 11 is 14.1. The summed E-state index contributed by atoms with van der Waals surface area (Å²) in [6.07, 6.45) is 12.6. The topological polar surface area (TPSA) is 279 Å². The summed E-state index contributed by atoms with van der Waals surface area (Å²) in [7, 11) is 2.31. The SMILES string of the molecule is CB1OB(C)OB(C)O1.CC[C@@H]1CCCC[C@@H]1NC.Cc1nc2ccc(Br)cc2n1C.[2H]C([2H])([2H])Oc1ccc(N2C(=O)N(Cc3ccc(OC)cc3OC)Cc3c(C)nc(SC)nc32)cc1.[2H]C([2H])([2H])Oc1ccc(N2C(=O)N(Cc3ccc(OC)cc3OC)Cc3c(Cl)nc(SC)nc32)cc1.[2H]C([2H])([2H])Oc1ccc(N2C(=O)NCc3c(C)nc(SC)nc32)cc1. The molecule has 0 bridgehead atoms. The van der Waals surface area contributed by atoms with Gasteiger partial charge in [-0.3, -0.25) is 0 Å². The molecule has 4 aliphatic heterocycles. The van der Waals surface area contributed by atoms with E-state index in [1.165, 1.54) is 124 Å². The highest BCUT2D eigenvalue weighted by molar-refractivity contribution is 9.10. The Labute approximate surface area is 736 Å². The fourth-order valence-electron chi connectivity index (χ4n) is 13.8. The lowest BCUT2D eigenvalue weighted by atomic mass is 9.74. The number of aromatic nitrogens is 8. The third-order valence-corrected chi connectivity index (χ3v) is 22.5. The Kier molecular flexibility index (Phi) is 28.9. The van der Waals surface area contributed by atoms with Crippen molar-refractivity contribution in [3.8, 4) is 40.2 Å². The minimum Gasteiger partial charge on any atom is -0.497 e. The summed E-state index contributed by atoms with van der Waals surface area (Å²) in [5, 5.41) is 8.00. The molecular formula is C83H102B3BrClN15O13S3. The Morgan fingerprint density at radius 1 is 0.546 bits per heavy atom. The number of aryl methyl sites for hydroxylation is 4. The molecule has 628 valence electrons. The van der Waals surface area contributed by atoms with Gasteiger partial charge in [-0.1, -0.05) is 89.0 Å². The van der Waals surface area contributed by atoms with Gasteiger partial charge in [0.2, 0.25) is 0 Å². The molecule has 6 amide bonds. The molecule has 119 heavy (non-hydrogen) atoms. The van der Waals surface area contributed by atoms with Gasteiger partial charge in [0.05, 0.1) is 128 Å². The van der Waals surface area contributed by atoms with Gasteiger partial charge in [0.15, 0.2) is 32.9 Å². The first-order valence-corrected chi connectivity index (χ1v) is 42.8. The van der Waals surface area contributed by atoms with E-state index in [2.05, 4.69) is 86.1 Å². The van der Waals surface area contributed by atoms with Crippen molar-refractivity contribution in [2.75, 3.05) is 90.1 Å². The Morgan fingerprint density at radius 3 is 1.41 bits per heavy atom. The molecule has 5 aliphatic rings. The zero-order valence-corrected chi connectivity index (χ0v) is 74.0. The van der Waals surface area contributed by atoms with Crippen molar-refractivity contribution >= 4 is 148 Å². The molecule has 0 radical (unpaired) electrons. The zero-order chi connectivity index (χ0) is 93.2. The Bertz CT molecular complexity index is 5260. The molecule has 8 heterocycles. The summed E-state index contributed by atoms with van der Waals surface area (Å²) in [6, 6.07) is 35.5. The molecule has 36 heteroatoms. The minimum atomic E-state index is -2.59. The Balaban J connectivity index is 0.000000172. The largest absolute Gasteiger partial charge is 0.497 e. The Hall–Kier alpha value is -9.71. The summed E-state index contributed by atoms with van der Waals surface area (Å²) < 4.78 is 120. The Morgan fingerprint density at radius 2 is 0.975 bits per heavy atom. The summed E-state index contributed by atoms with van der Waals surface area (Å²) in [5.74, 6) is 6.39. The van der Waals surface area contributed by atoms with Crippen LogP contribution < -0.4 is 58.5 Å². The van der Waals surface area contributed by atoms with Crippen LogP contribution in [0.2, 0.25) is 25.6 Å². The third-order valence-electron chi connectivity index (χ3n) is 20.1. The molecule has 0 unspecified atom stereocenters. The van der Waals surface area contributed by atoms with Crippen molar-refractivity contribution in [3.05, 3.63) is 182 Å². The molecule has 1 saturated carbocycles. The molecule has 1 saturated heterocycles. The van der Waals surface area contributed by atoms with E-state index in [1.54, 1.807) is 92.8 Å². The van der Waals surface area contributed by atoms with Crippen LogP contribution in [0.4, 0.5) is 48.9 Å². The number of benzene rings is 6. The fourth-order valence-corrected chi connectivity index (χ4v) is 15.6. The van der Waals surface area contributed by atoms with Crippen LogP contribution in [0, 0.1) is 26.7 Å². The summed E-state index contributed by atoms with van der Waals surface area (Å²) in [4.78, 5) is 79.1. The molecule has 0 spiro atoms. The number of carbonyl (C=O) groups excluding carboxylic acids is 3. The lowest BCUT2D eigenvalue weighted by Crippen LogP contribution is -2.45. The number of carbonyl (C=O) groups is 3. The maximum atomic E-state index is 13.8. The molecular weight excluding hydrogens is 1660 g/mol. The molecule has 15 rings (SSSR count). The average molecular weight is 1770 g/mol. The predicted octanol–water partition coefficient (Wildman–Crippen LogP) is 18.1. The van der Waals surface area contributed by atoms with Crippen LogP contribution in [0.15, 0.2) is 147 Å². The number of nitrogens with zero attached hydrogens (tertiary/aromatic N) is 13. The highest BCUT2D eigenvalue weighted by atomic mass is 79.9. The van der Waals surface area contributed by atoms with E-state index < -0.39 is 21.1 Å². The number of amides is 6. The van der Waals surface area contributed by atoms with E-state index in [4.69, 9.17) is 70.8 Å². The highest BCUT2D eigenvalue weighted by Crippen LogP contribution is 2.42. The van der Waals surface area contributed by atoms with Gasteiger partial charge in [0, 0.05) is 63.3 Å². The number of anilines is 6. The van der Waals surface area contributed by atoms with Gasteiger partial charge in [0.25, 0.3) is 0 Å². The van der Waals surface area contributed by atoms with Crippen LogP contribution in [0.3, 0.4) is 0 Å². The van der Waals surface area contributed by atoms with Gasteiger partial charge in [-0.2, -0.15) is 0 Å². The lowest BCUT2D eigenvalue weighted by Gasteiger charge is -2.37. The van der Waals surface area contributed by atoms with Crippen LogP contribution in [0.1, 0.15) is 96.4 Å². The van der Waals surface area contributed by atoms with Gasteiger partial charge in [-0.15, -0.1) is 0 Å². The quantitative estimate of drug-likeness (QED) is 0.0329. The predicted molar refractivity (Wildman–Crippen MR) is 478 cm³/mol. The second-order valence-corrected chi connectivity index (χ2v) is 31.0. The number of hydrogen-bond donors (Lipinski definition) is 2. The van der Waals surface area contributed by atoms with Gasteiger partial charge in [-0.25, -0.2) is 64.0 Å². The first-order chi connectivity index (χ1) is 60.8. The molecule has 4 aromatic heterocycles. The smallest absolute Gasteiger partial charge is 0.426 e. The number of urea groups is 3. The van der Waals surface area contributed by atoms with Crippen LogP contribution >= 0.6 is 62.8 Å². The van der Waals surface area contributed by atoms with E-state index in [-0.39, 0.29) is 81.5 Å². The minimum absolute atomic E-state index is 0.135.